The molecule has 0 unspecified atom stereocenters. The Morgan fingerprint density at radius 3 is 2.63 bits per heavy atom. The summed E-state index contributed by atoms with van der Waals surface area (Å²) in [4.78, 5) is 5.97. The van der Waals surface area contributed by atoms with Crippen molar-refractivity contribution in [2.24, 2.45) is 7.05 Å². The number of rotatable bonds is 2. The number of aryl methyl sites for hydroxylation is 2. The quantitative estimate of drug-likeness (QED) is 0.764. The van der Waals surface area contributed by atoms with Gasteiger partial charge < -0.3 is 9.88 Å². The lowest BCUT2D eigenvalue weighted by molar-refractivity contribution is 0.919. The van der Waals surface area contributed by atoms with Gasteiger partial charge in [-0.25, -0.2) is 4.98 Å². The van der Waals surface area contributed by atoms with Gasteiger partial charge in [0.15, 0.2) is 5.13 Å². The van der Waals surface area contributed by atoms with E-state index < -0.39 is 0 Å². The van der Waals surface area contributed by atoms with Crippen LogP contribution in [0.15, 0.2) is 24.3 Å². The summed E-state index contributed by atoms with van der Waals surface area (Å²) in [6.45, 7) is 4.29. The van der Waals surface area contributed by atoms with Crippen molar-refractivity contribution in [1.29, 1.82) is 0 Å². The third-order valence-corrected chi connectivity index (χ3v) is 4.64. The zero-order valence-electron chi connectivity index (χ0n) is 11.6. The van der Waals surface area contributed by atoms with Crippen molar-refractivity contribution in [3.8, 4) is 11.3 Å². The summed E-state index contributed by atoms with van der Waals surface area (Å²) < 4.78 is 2.24. The molecule has 0 atom stereocenters. The Kier molecular flexibility index (Phi) is 2.82. The molecule has 2 heterocycles. The number of aromatic nitrogens is 2. The highest BCUT2D eigenvalue weighted by Gasteiger charge is 2.18. The fraction of sp³-hybridized carbons (Fsp3) is 0.267. The maximum absolute atomic E-state index is 4.72. The van der Waals surface area contributed by atoms with Gasteiger partial charge in [0.25, 0.3) is 0 Å². The third kappa shape index (κ3) is 1.75. The number of nitrogens with one attached hydrogen (secondary N) is 1. The lowest BCUT2D eigenvalue weighted by atomic mass is 10.1. The molecule has 0 aliphatic carbocycles. The number of thiazole rings is 1. The van der Waals surface area contributed by atoms with Crippen LogP contribution in [0, 0.1) is 13.8 Å². The summed E-state index contributed by atoms with van der Waals surface area (Å²) in [6.07, 6.45) is 0. The SMILES string of the molecule is CNc1nc(-c2c(C)n(C)c3ccccc23)c(C)s1. The maximum atomic E-state index is 4.72. The van der Waals surface area contributed by atoms with Gasteiger partial charge in [-0.3, -0.25) is 0 Å². The first-order chi connectivity index (χ1) is 9.13. The average Bonchev–Trinajstić information content (AvgIpc) is 2.90. The maximum Gasteiger partial charge on any atom is 0.183 e. The lowest BCUT2D eigenvalue weighted by Gasteiger charge is -2.00. The highest BCUT2D eigenvalue weighted by atomic mass is 32.1. The Labute approximate surface area is 116 Å². The molecule has 0 bridgehead atoms. The second-order valence-corrected chi connectivity index (χ2v) is 5.91. The van der Waals surface area contributed by atoms with Gasteiger partial charge in [-0.15, -0.1) is 11.3 Å². The molecule has 3 nitrogen and oxygen atoms in total. The minimum atomic E-state index is 0.972. The minimum absolute atomic E-state index is 0.972. The number of nitrogens with zero attached hydrogens (tertiary/aromatic N) is 2. The Hall–Kier alpha value is -1.81. The van der Waals surface area contributed by atoms with Crippen LogP contribution in [0.25, 0.3) is 22.2 Å². The molecule has 0 aliphatic rings. The molecular formula is C15H17N3S. The van der Waals surface area contributed by atoms with Crippen LogP contribution < -0.4 is 5.32 Å². The second kappa shape index (κ2) is 4.38. The van der Waals surface area contributed by atoms with Crippen molar-refractivity contribution >= 4 is 27.4 Å². The van der Waals surface area contributed by atoms with Gasteiger partial charge in [0.2, 0.25) is 0 Å². The van der Waals surface area contributed by atoms with E-state index in [0.717, 1.165) is 10.8 Å². The summed E-state index contributed by atoms with van der Waals surface area (Å²) in [5.74, 6) is 0. The molecule has 0 saturated carbocycles. The molecule has 2 aromatic heterocycles. The molecule has 0 amide bonds. The minimum Gasteiger partial charge on any atom is -0.365 e. The first kappa shape index (κ1) is 12.2. The van der Waals surface area contributed by atoms with Crippen LogP contribution in [-0.2, 0) is 7.05 Å². The standard InChI is InChI=1S/C15H17N3S/c1-9-13(14-10(2)19-15(16-3)17-14)11-7-5-6-8-12(11)18(9)4/h5-8H,1-4H3,(H,16,17). The van der Waals surface area contributed by atoms with E-state index in [2.05, 4.69) is 55.0 Å². The molecule has 0 aliphatic heterocycles. The lowest BCUT2D eigenvalue weighted by Crippen LogP contribution is -1.91. The van der Waals surface area contributed by atoms with Crippen molar-refractivity contribution in [2.45, 2.75) is 13.8 Å². The second-order valence-electron chi connectivity index (χ2n) is 4.71. The van der Waals surface area contributed by atoms with E-state index in [1.54, 1.807) is 11.3 Å². The summed E-state index contributed by atoms with van der Waals surface area (Å²) in [6, 6.07) is 8.51. The molecule has 3 aromatic rings. The number of fused-ring (bicyclic) bond motifs is 1. The Morgan fingerprint density at radius 1 is 1.21 bits per heavy atom. The van der Waals surface area contributed by atoms with Crippen LogP contribution in [0.3, 0.4) is 0 Å². The number of hydrogen-bond donors (Lipinski definition) is 1. The molecule has 1 N–H and O–H groups in total. The van der Waals surface area contributed by atoms with E-state index in [4.69, 9.17) is 4.98 Å². The zero-order chi connectivity index (χ0) is 13.6. The molecule has 0 saturated heterocycles. The largest absolute Gasteiger partial charge is 0.365 e. The number of anilines is 1. The Morgan fingerprint density at radius 2 is 1.95 bits per heavy atom. The first-order valence-electron chi connectivity index (χ1n) is 6.33. The summed E-state index contributed by atoms with van der Waals surface area (Å²) in [5, 5.41) is 5.38. The number of hydrogen-bond acceptors (Lipinski definition) is 3. The fourth-order valence-corrected chi connectivity index (χ4v) is 3.33. The smallest absolute Gasteiger partial charge is 0.183 e. The van der Waals surface area contributed by atoms with Crippen LogP contribution in [0.5, 0.6) is 0 Å². The van der Waals surface area contributed by atoms with Crippen LogP contribution in [0.1, 0.15) is 10.6 Å². The molecule has 0 fully saturated rings. The summed E-state index contributed by atoms with van der Waals surface area (Å²) in [7, 11) is 4.03. The molecule has 1 aromatic carbocycles. The molecular weight excluding hydrogens is 254 g/mol. The predicted octanol–water partition coefficient (Wildman–Crippen LogP) is 3.96. The van der Waals surface area contributed by atoms with Gasteiger partial charge in [-0.05, 0) is 19.9 Å². The highest BCUT2D eigenvalue weighted by Crippen LogP contribution is 2.38. The Balaban J connectivity index is 2.36. The first-order valence-corrected chi connectivity index (χ1v) is 7.14. The average molecular weight is 271 g/mol. The molecule has 3 rings (SSSR count). The van der Waals surface area contributed by atoms with Crippen LogP contribution in [0.2, 0.25) is 0 Å². The summed E-state index contributed by atoms with van der Waals surface area (Å²) in [5.41, 5.74) is 4.88. The van der Waals surface area contributed by atoms with Gasteiger partial charge in [0, 0.05) is 41.1 Å². The van der Waals surface area contributed by atoms with Crippen molar-refractivity contribution in [1.82, 2.24) is 9.55 Å². The van der Waals surface area contributed by atoms with Crippen LogP contribution in [-0.4, -0.2) is 16.6 Å². The van der Waals surface area contributed by atoms with Gasteiger partial charge in [-0.1, -0.05) is 18.2 Å². The molecule has 98 valence electrons. The molecule has 4 heteroatoms. The topological polar surface area (TPSA) is 29.9 Å². The van der Waals surface area contributed by atoms with E-state index in [-0.39, 0.29) is 0 Å². The third-order valence-electron chi connectivity index (χ3n) is 3.65. The monoisotopic (exact) mass is 271 g/mol. The van der Waals surface area contributed by atoms with Crippen molar-refractivity contribution < 1.29 is 0 Å². The number of benzene rings is 1. The normalized spacial score (nSPS) is 11.2. The molecule has 0 radical (unpaired) electrons. The number of para-hydroxylation sites is 1. The Bertz CT molecular complexity index is 752. The van der Waals surface area contributed by atoms with Crippen molar-refractivity contribution in [3.63, 3.8) is 0 Å². The van der Waals surface area contributed by atoms with Crippen LogP contribution >= 0.6 is 11.3 Å². The van der Waals surface area contributed by atoms with E-state index in [0.29, 0.717) is 0 Å². The molecule has 19 heavy (non-hydrogen) atoms. The van der Waals surface area contributed by atoms with Crippen molar-refractivity contribution in [2.75, 3.05) is 12.4 Å². The fourth-order valence-electron chi connectivity index (χ4n) is 2.56. The zero-order valence-corrected chi connectivity index (χ0v) is 12.4. The van der Waals surface area contributed by atoms with E-state index in [9.17, 15) is 0 Å². The summed E-state index contributed by atoms with van der Waals surface area (Å²) >= 11 is 1.70. The van der Waals surface area contributed by atoms with Crippen LogP contribution in [0.4, 0.5) is 5.13 Å². The van der Waals surface area contributed by atoms with Gasteiger partial charge >= 0.3 is 0 Å². The predicted molar refractivity (Wildman–Crippen MR) is 83.0 cm³/mol. The van der Waals surface area contributed by atoms with Gasteiger partial charge in [0.1, 0.15) is 0 Å². The van der Waals surface area contributed by atoms with E-state index in [1.807, 2.05) is 7.05 Å². The van der Waals surface area contributed by atoms with Crippen molar-refractivity contribution in [3.05, 3.63) is 34.8 Å². The van der Waals surface area contributed by atoms with Gasteiger partial charge in [-0.2, -0.15) is 0 Å². The molecule has 0 spiro atoms. The van der Waals surface area contributed by atoms with E-state index in [1.165, 1.54) is 27.0 Å². The highest BCUT2D eigenvalue weighted by molar-refractivity contribution is 7.16. The van der Waals surface area contributed by atoms with Gasteiger partial charge in [0.05, 0.1) is 5.69 Å². The van der Waals surface area contributed by atoms with E-state index >= 15 is 0 Å².